The highest BCUT2D eigenvalue weighted by atomic mass is 15.3. The maximum atomic E-state index is 2.41. The minimum absolute atomic E-state index is 0.624. The van der Waals surface area contributed by atoms with Gasteiger partial charge in [0.25, 0.3) is 0 Å². The van der Waals surface area contributed by atoms with Gasteiger partial charge in [0.15, 0.2) is 0 Å². The molecule has 4 rings (SSSR count). The Balaban J connectivity index is 2.02. The first-order valence-corrected chi connectivity index (χ1v) is 7.69. The summed E-state index contributed by atoms with van der Waals surface area (Å²) >= 11 is 0. The number of fused-ring (bicyclic) bond motifs is 2. The second-order valence-corrected chi connectivity index (χ2v) is 6.86. The molecule has 102 valence electrons. The summed E-state index contributed by atoms with van der Waals surface area (Å²) in [5, 5.41) is 0. The van der Waals surface area contributed by atoms with Gasteiger partial charge < -0.3 is 4.48 Å². The molecule has 1 nitrogen and oxygen atoms in total. The average molecular weight is 264 g/mol. The number of quaternary nitrogens is 1. The van der Waals surface area contributed by atoms with Crippen LogP contribution in [0.3, 0.4) is 0 Å². The van der Waals surface area contributed by atoms with E-state index in [1.165, 1.54) is 42.5 Å². The van der Waals surface area contributed by atoms with E-state index in [0.717, 1.165) is 4.48 Å². The first-order chi connectivity index (χ1) is 9.67. The number of likely N-dealkylation sites (N-methyl/N-ethyl adjacent to an activating group) is 1. The van der Waals surface area contributed by atoms with Crippen molar-refractivity contribution in [2.24, 2.45) is 0 Å². The van der Waals surface area contributed by atoms with Crippen LogP contribution in [0.2, 0.25) is 0 Å². The second kappa shape index (κ2) is 4.20. The smallest absolute Gasteiger partial charge is 0.119 e. The number of hydrogen-bond donors (Lipinski definition) is 0. The van der Waals surface area contributed by atoms with Gasteiger partial charge in [-0.1, -0.05) is 42.5 Å². The highest BCUT2D eigenvalue weighted by Gasteiger charge is 2.38. The van der Waals surface area contributed by atoms with Gasteiger partial charge in [0.1, 0.15) is 6.04 Å². The molecule has 2 aliphatic rings. The molecule has 1 heterocycles. The molecule has 0 amide bonds. The lowest BCUT2D eigenvalue weighted by Crippen LogP contribution is -2.45. The summed E-state index contributed by atoms with van der Waals surface area (Å²) in [6.45, 7) is 1.28. The molecule has 0 N–H and O–H groups in total. The lowest BCUT2D eigenvalue weighted by Gasteiger charge is -2.40. The molecule has 0 radical (unpaired) electrons. The highest BCUT2D eigenvalue weighted by molar-refractivity contribution is 5.75. The van der Waals surface area contributed by atoms with Gasteiger partial charge in [-0.2, -0.15) is 0 Å². The summed E-state index contributed by atoms with van der Waals surface area (Å²) in [5.41, 5.74) is 7.69. The Kier molecular flexibility index (Phi) is 2.55. The standard InChI is InChI=1S/C19H22N/c1-20(2)12-6-9-14-8-5-11-17-16-10-4-3-7-15(16)13-18(20)19(14)17/h3-5,7-8,10-11,18H,6,9,12-13H2,1-2H3/q+1. The van der Waals surface area contributed by atoms with E-state index in [0.29, 0.717) is 6.04 Å². The van der Waals surface area contributed by atoms with Crippen LogP contribution in [-0.2, 0) is 12.8 Å². The third-order valence-electron chi connectivity index (χ3n) is 5.27. The number of benzene rings is 2. The quantitative estimate of drug-likeness (QED) is 0.632. The molecular formula is C19H22N+. The summed E-state index contributed by atoms with van der Waals surface area (Å²) in [4.78, 5) is 0. The maximum absolute atomic E-state index is 2.41. The van der Waals surface area contributed by atoms with Crippen LogP contribution in [0.1, 0.15) is 29.2 Å². The zero-order chi connectivity index (χ0) is 13.7. The molecule has 1 atom stereocenters. The second-order valence-electron chi connectivity index (χ2n) is 6.86. The third kappa shape index (κ3) is 1.66. The molecule has 20 heavy (non-hydrogen) atoms. The van der Waals surface area contributed by atoms with Crippen molar-refractivity contribution >= 4 is 0 Å². The highest BCUT2D eigenvalue weighted by Crippen LogP contribution is 2.45. The van der Waals surface area contributed by atoms with E-state index in [1.807, 2.05) is 0 Å². The SMILES string of the molecule is C[N+]1(C)CCCc2cccc3c2C1Cc1ccccc1-3. The van der Waals surface area contributed by atoms with E-state index in [2.05, 4.69) is 56.6 Å². The van der Waals surface area contributed by atoms with Crippen molar-refractivity contribution in [3.63, 3.8) is 0 Å². The lowest BCUT2D eigenvalue weighted by molar-refractivity contribution is -0.920. The van der Waals surface area contributed by atoms with Crippen LogP contribution in [0.5, 0.6) is 0 Å². The predicted molar refractivity (Wildman–Crippen MR) is 83.6 cm³/mol. The summed E-state index contributed by atoms with van der Waals surface area (Å²) in [6, 6.07) is 16.5. The van der Waals surface area contributed by atoms with Crippen LogP contribution in [-0.4, -0.2) is 25.1 Å². The number of nitrogens with zero attached hydrogens (tertiary/aromatic N) is 1. The normalized spacial score (nSPS) is 22.6. The Hall–Kier alpha value is -1.60. The molecule has 2 aromatic rings. The summed E-state index contributed by atoms with van der Waals surface area (Å²) in [7, 11) is 4.81. The fourth-order valence-corrected chi connectivity index (χ4v) is 4.16. The van der Waals surface area contributed by atoms with Gasteiger partial charge in [0.05, 0.1) is 20.6 Å². The fraction of sp³-hybridized carbons (Fsp3) is 0.368. The summed E-state index contributed by atoms with van der Waals surface area (Å²) in [5.74, 6) is 0. The molecule has 1 aliphatic heterocycles. The van der Waals surface area contributed by atoms with Gasteiger partial charge in [-0.05, 0) is 28.7 Å². The van der Waals surface area contributed by atoms with E-state index < -0.39 is 0 Å². The van der Waals surface area contributed by atoms with Crippen LogP contribution >= 0.6 is 0 Å². The van der Waals surface area contributed by atoms with Crippen molar-refractivity contribution in [2.75, 3.05) is 20.6 Å². The molecule has 0 spiro atoms. The van der Waals surface area contributed by atoms with Crippen molar-refractivity contribution in [1.29, 1.82) is 0 Å². The monoisotopic (exact) mass is 264 g/mol. The first-order valence-electron chi connectivity index (χ1n) is 7.69. The molecule has 0 aromatic heterocycles. The topological polar surface area (TPSA) is 0 Å². The Morgan fingerprint density at radius 2 is 1.65 bits per heavy atom. The van der Waals surface area contributed by atoms with Gasteiger partial charge in [0, 0.05) is 18.4 Å². The van der Waals surface area contributed by atoms with Crippen LogP contribution < -0.4 is 0 Å². The number of hydrogen-bond acceptors (Lipinski definition) is 0. The fourth-order valence-electron chi connectivity index (χ4n) is 4.16. The first kappa shape index (κ1) is 12.2. The Bertz CT molecular complexity index is 669. The average Bonchev–Trinajstić information content (AvgIpc) is 2.58. The molecule has 2 aromatic carbocycles. The van der Waals surface area contributed by atoms with Gasteiger partial charge >= 0.3 is 0 Å². The molecule has 0 fully saturated rings. The molecular weight excluding hydrogens is 242 g/mol. The minimum atomic E-state index is 0.624. The van der Waals surface area contributed by atoms with E-state index in [-0.39, 0.29) is 0 Å². The minimum Gasteiger partial charge on any atom is -0.322 e. The summed E-state index contributed by atoms with van der Waals surface area (Å²) in [6.07, 6.45) is 3.73. The van der Waals surface area contributed by atoms with Crippen molar-refractivity contribution in [3.8, 4) is 11.1 Å². The van der Waals surface area contributed by atoms with Gasteiger partial charge in [-0.25, -0.2) is 0 Å². The van der Waals surface area contributed by atoms with Crippen molar-refractivity contribution < 1.29 is 4.48 Å². The summed E-state index contributed by atoms with van der Waals surface area (Å²) < 4.78 is 1.12. The third-order valence-corrected chi connectivity index (χ3v) is 5.27. The Labute approximate surface area is 121 Å². The van der Waals surface area contributed by atoms with Crippen molar-refractivity contribution in [3.05, 3.63) is 59.2 Å². The number of rotatable bonds is 0. The Morgan fingerprint density at radius 1 is 0.900 bits per heavy atom. The van der Waals surface area contributed by atoms with E-state index in [9.17, 15) is 0 Å². The molecule has 0 saturated heterocycles. The van der Waals surface area contributed by atoms with Crippen molar-refractivity contribution in [2.45, 2.75) is 25.3 Å². The van der Waals surface area contributed by atoms with Crippen LogP contribution in [0.4, 0.5) is 0 Å². The Morgan fingerprint density at radius 3 is 2.55 bits per heavy atom. The van der Waals surface area contributed by atoms with E-state index in [1.54, 1.807) is 11.1 Å². The zero-order valence-corrected chi connectivity index (χ0v) is 12.4. The number of aryl methyl sites for hydroxylation is 1. The van der Waals surface area contributed by atoms with Crippen LogP contribution in [0, 0.1) is 0 Å². The van der Waals surface area contributed by atoms with Crippen LogP contribution in [0.15, 0.2) is 42.5 Å². The molecule has 0 saturated carbocycles. The van der Waals surface area contributed by atoms with Crippen molar-refractivity contribution in [1.82, 2.24) is 0 Å². The van der Waals surface area contributed by atoms with Gasteiger partial charge in [-0.3, -0.25) is 0 Å². The van der Waals surface area contributed by atoms with Gasteiger partial charge in [-0.15, -0.1) is 0 Å². The van der Waals surface area contributed by atoms with E-state index in [4.69, 9.17) is 0 Å². The molecule has 1 aliphatic carbocycles. The van der Waals surface area contributed by atoms with Crippen LogP contribution in [0.25, 0.3) is 11.1 Å². The molecule has 1 unspecified atom stereocenters. The van der Waals surface area contributed by atoms with Gasteiger partial charge in [0.2, 0.25) is 0 Å². The van der Waals surface area contributed by atoms with E-state index >= 15 is 0 Å². The molecule has 0 bridgehead atoms. The largest absolute Gasteiger partial charge is 0.322 e. The lowest BCUT2D eigenvalue weighted by atomic mass is 9.79. The maximum Gasteiger partial charge on any atom is 0.119 e. The zero-order valence-electron chi connectivity index (χ0n) is 12.4. The predicted octanol–water partition coefficient (Wildman–Crippen LogP) is 3.97. The molecule has 1 heteroatoms.